The van der Waals surface area contributed by atoms with E-state index in [4.69, 9.17) is 20.8 Å². The van der Waals surface area contributed by atoms with Gasteiger partial charge in [-0.1, -0.05) is 35.9 Å². The molecule has 0 bridgehead atoms. The van der Waals surface area contributed by atoms with Crippen LogP contribution in [0, 0.1) is 11.3 Å². The molecule has 1 N–H and O–H groups in total. The van der Waals surface area contributed by atoms with Gasteiger partial charge in [0.1, 0.15) is 18.4 Å². The van der Waals surface area contributed by atoms with Crippen LogP contribution in [0.3, 0.4) is 0 Å². The fourth-order valence-corrected chi connectivity index (χ4v) is 5.29. The lowest BCUT2D eigenvalue weighted by molar-refractivity contribution is 0.258. The maximum Gasteiger partial charge on any atom is 0.232 e. The first-order valence-electron chi connectivity index (χ1n) is 11.6. The summed E-state index contributed by atoms with van der Waals surface area (Å²) in [7, 11) is 0. The van der Waals surface area contributed by atoms with Crippen molar-refractivity contribution in [3.05, 3.63) is 87.2 Å². The first-order chi connectivity index (χ1) is 17.2. The zero-order valence-electron chi connectivity index (χ0n) is 19.1. The van der Waals surface area contributed by atoms with Gasteiger partial charge in [0.05, 0.1) is 6.04 Å². The highest BCUT2D eigenvalue weighted by atomic mass is 35.5. The number of hydrogen-bond acceptors (Lipinski definition) is 7. The Hall–Kier alpha value is -3.31. The fraction of sp³-hybridized carbons (Fsp3) is 0.259. The molecular formula is C27H25ClN4O2S. The molecule has 5 rings (SSSR count). The summed E-state index contributed by atoms with van der Waals surface area (Å²) in [6.45, 7) is 3.20. The van der Waals surface area contributed by atoms with Crippen molar-refractivity contribution in [2.24, 2.45) is 0 Å². The number of likely N-dealkylation sites (tertiary alicyclic amines) is 1. The molecular weight excluding hydrogens is 480 g/mol. The van der Waals surface area contributed by atoms with Gasteiger partial charge in [-0.05, 0) is 67.7 Å². The van der Waals surface area contributed by atoms with Gasteiger partial charge in [-0.25, -0.2) is 0 Å². The summed E-state index contributed by atoms with van der Waals surface area (Å²) in [6.07, 6.45) is 2.44. The number of nitrogens with one attached hydrogen (secondary N) is 1. The molecule has 2 aromatic heterocycles. The maximum absolute atomic E-state index is 9.63. The second-order valence-corrected chi connectivity index (χ2v) is 9.75. The summed E-state index contributed by atoms with van der Waals surface area (Å²) >= 11 is 7.96. The highest BCUT2D eigenvalue weighted by Gasteiger charge is 2.25. The minimum atomic E-state index is 0.243. The predicted molar refractivity (Wildman–Crippen MR) is 139 cm³/mol. The first-order valence-corrected chi connectivity index (χ1v) is 12.9. The highest BCUT2D eigenvalue weighted by molar-refractivity contribution is 7.10. The Kier molecular flexibility index (Phi) is 7.34. The Morgan fingerprint density at radius 1 is 1.11 bits per heavy atom. The van der Waals surface area contributed by atoms with Crippen molar-refractivity contribution in [3.8, 4) is 23.3 Å². The molecule has 0 spiro atoms. The summed E-state index contributed by atoms with van der Waals surface area (Å²) in [5, 5.41) is 15.8. The lowest BCUT2D eigenvalue weighted by atomic mass is 10.2. The van der Waals surface area contributed by atoms with Crippen molar-refractivity contribution in [1.29, 1.82) is 5.26 Å². The molecule has 2 aromatic carbocycles. The molecule has 178 valence electrons. The third-order valence-corrected chi connectivity index (χ3v) is 7.44. The number of nitriles is 1. The van der Waals surface area contributed by atoms with Crippen LogP contribution < -0.4 is 10.1 Å². The van der Waals surface area contributed by atoms with Crippen molar-refractivity contribution in [2.45, 2.75) is 25.5 Å². The van der Waals surface area contributed by atoms with Crippen LogP contribution in [-0.4, -0.2) is 29.5 Å². The Labute approximate surface area is 213 Å². The lowest BCUT2D eigenvalue weighted by Crippen LogP contribution is -2.30. The Bertz CT molecular complexity index is 1290. The first kappa shape index (κ1) is 23.4. The second-order valence-electron chi connectivity index (χ2n) is 8.37. The van der Waals surface area contributed by atoms with Gasteiger partial charge in [-0.2, -0.15) is 10.2 Å². The molecule has 0 radical (unpaired) electrons. The van der Waals surface area contributed by atoms with E-state index in [9.17, 15) is 5.26 Å². The van der Waals surface area contributed by atoms with Crippen LogP contribution in [0.25, 0.3) is 11.5 Å². The molecule has 0 aliphatic carbocycles. The van der Waals surface area contributed by atoms with E-state index in [1.807, 2.05) is 48.5 Å². The Morgan fingerprint density at radius 2 is 1.91 bits per heavy atom. The van der Waals surface area contributed by atoms with E-state index < -0.39 is 0 Å². The van der Waals surface area contributed by atoms with Gasteiger partial charge in [-0.3, -0.25) is 4.90 Å². The Morgan fingerprint density at radius 3 is 2.63 bits per heavy atom. The maximum atomic E-state index is 9.63. The second kappa shape index (κ2) is 11.0. The van der Waals surface area contributed by atoms with E-state index in [0.29, 0.717) is 35.7 Å². The highest BCUT2D eigenvalue weighted by Crippen LogP contribution is 2.31. The Balaban J connectivity index is 1.27. The van der Waals surface area contributed by atoms with E-state index in [0.717, 1.165) is 24.2 Å². The van der Waals surface area contributed by atoms with Gasteiger partial charge in [-0.15, -0.1) is 11.3 Å². The van der Waals surface area contributed by atoms with Crippen LogP contribution in [0.5, 0.6) is 5.75 Å². The average Bonchev–Trinajstić information content (AvgIpc) is 3.67. The summed E-state index contributed by atoms with van der Waals surface area (Å²) in [4.78, 5) is 8.21. The molecule has 3 heterocycles. The molecule has 0 saturated carbocycles. The van der Waals surface area contributed by atoms with Crippen LogP contribution >= 0.6 is 22.9 Å². The van der Waals surface area contributed by atoms with Gasteiger partial charge >= 0.3 is 0 Å². The third kappa shape index (κ3) is 5.51. The quantitative estimate of drug-likeness (QED) is 0.271. The smallest absolute Gasteiger partial charge is 0.232 e. The van der Waals surface area contributed by atoms with Gasteiger partial charge in [0.2, 0.25) is 17.5 Å². The molecule has 1 unspecified atom stereocenters. The van der Waals surface area contributed by atoms with E-state index in [-0.39, 0.29) is 11.7 Å². The van der Waals surface area contributed by atoms with Crippen molar-refractivity contribution in [3.63, 3.8) is 0 Å². The van der Waals surface area contributed by atoms with Crippen LogP contribution in [-0.2, 0) is 6.61 Å². The molecule has 0 amide bonds. The molecule has 1 aliphatic rings. The van der Waals surface area contributed by atoms with Gasteiger partial charge in [0.25, 0.3) is 0 Å². The van der Waals surface area contributed by atoms with Crippen LogP contribution in [0.4, 0.5) is 5.88 Å². The summed E-state index contributed by atoms with van der Waals surface area (Å²) in [5.74, 6) is 1.52. The minimum Gasteiger partial charge on any atom is -0.489 e. The van der Waals surface area contributed by atoms with Crippen LogP contribution in [0.15, 0.2) is 70.5 Å². The minimum absolute atomic E-state index is 0.243. The van der Waals surface area contributed by atoms with Gasteiger partial charge in [0, 0.05) is 27.6 Å². The van der Waals surface area contributed by atoms with Gasteiger partial charge in [0.15, 0.2) is 0 Å². The number of aromatic nitrogens is 1. The summed E-state index contributed by atoms with van der Waals surface area (Å²) in [6, 6.07) is 21.7. The number of anilines is 1. The zero-order valence-corrected chi connectivity index (χ0v) is 20.7. The SMILES string of the molecule is N#Cc1nc(-c2ccc(OCc3ccccc3Cl)cc2)oc1NCC(c1cccs1)N1CCCC1. The molecule has 1 aliphatic heterocycles. The monoisotopic (exact) mass is 504 g/mol. The number of rotatable bonds is 9. The number of benzene rings is 2. The largest absolute Gasteiger partial charge is 0.489 e. The summed E-state index contributed by atoms with van der Waals surface area (Å²) in [5.41, 5.74) is 1.95. The van der Waals surface area contributed by atoms with Crippen molar-refractivity contribution in [1.82, 2.24) is 9.88 Å². The zero-order chi connectivity index (χ0) is 24.0. The molecule has 8 heteroatoms. The topological polar surface area (TPSA) is 74.3 Å². The summed E-state index contributed by atoms with van der Waals surface area (Å²) < 4.78 is 11.8. The molecule has 35 heavy (non-hydrogen) atoms. The van der Waals surface area contributed by atoms with E-state index in [1.54, 1.807) is 11.3 Å². The molecule has 1 saturated heterocycles. The molecule has 4 aromatic rings. The van der Waals surface area contributed by atoms with E-state index in [1.165, 1.54) is 17.7 Å². The number of thiophene rings is 1. The number of oxazole rings is 1. The molecule has 6 nitrogen and oxygen atoms in total. The standard InChI is InChI=1S/C27H25ClN4O2S/c28-22-7-2-1-6-20(22)18-33-21-11-9-19(10-12-21)26-31-23(16-29)27(34-26)30-17-24(25-8-5-15-35-25)32-13-3-4-14-32/h1-2,5-12,15,24,30H,3-4,13-14,17-18H2. The number of hydrogen-bond donors (Lipinski definition) is 1. The van der Waals surface area contributed by atoms with E-state index >= 15 is 0 Å². The van der Waals surface area contributed by atoms with Crippen LogP contribution in [0.1, 0.15) is 35.0 Å². The van der Waals surface area contributed by atoms with Crippen molar-refractivity contribution in [2.75, 3.05) is 25.0 Å². The van der Waals surface area contributed by atoms with Crippen molar-refractivity contribution >= 4 is 28.8 Å². The van der Waals surface area contributed by atoms with Crippen molar-refractivity contribution < 1.29 is 9.15 Å². The number of ether oxygens (including phenoxy) is 1. The lowest BCUT2D eigenvalue weighted by Gasteiger charge is -2.26. The third-order valence-electron chi connectivity index (χ3n) is 6.10. The number of nitrogens with zero attached hydrogens (tertiary/aromatic N) is 3. The molecule has 1 atom stereocenters. The van der Waals surface area contributed by atoms with Crippen LogP contribution in [0.2, 0.25) is 5.02 Å². The van der Waals surface area contributed by atoms with Gasteiger partial charge < -0.3 is 14.5 Å². The normalized spacial score (nSPS) is 14.5. The van der Waals surface area contributed by atoms with E-state index in [2.05, 4.69) is 38.8 Å². The predicted octanol–water partition coefficient (Wildman–Crippen LogP) is 6.76. The average molecular weight is 505 g/mol. The fourth-order valence-electron chi connectivity index (χ4n) is 4.24. The molecule has 1 fully saturated rings. The number of halogens is 1.